The van der Waals surface area contributed by atoms with E-state index in [-0.39, 0.29) is 5.75 Å². The third-order valence-electron chi connectivity index (χ3n) is 3.40. The molecule has 0 atom stereocenters. The van der Waals surface area contributed by atoms with Gasteiger partial charge in [0, 0.05) is 5.56 Å². The summed E-state index contributed by atoms with van der Waals surface area (Å²) in [6.07, 6.45) is 0.524. The smallest absolute Gasteiger partial charge is 0.211 e. The fraction of sp³-hybridized carbons (Fsp3) is 0. The molecule has 0 fully saturated rings. The van der Waals surface area contributed by atoms with Gasteiger partial charge in [0.25, 0.3) is 0 Å². The Morgan fingerprint density at radius 2 is 1.76 bits per heavy atom. The number of halogens is 1. The monoisotopic (exact) mass is 297 g/mol. The van der Waals surface area contributed by atoms with Gasteiger partial charge < -0.3 is 10.4 Å². The number of phenols is 1. The predicted octanol–water partition coefficient (Wildman–Crippen LogP) is 4.43. The molecule has 0 aliphatic rings. The predicted molar refractivity (Wildman–Crippen MR) is 85.7 cm³/mol. The van der Waals surface area contributed by atoms with Crippen molar-refractivity contribution in [2.24, 2.45) is 0 Å². The third kappa shape index (κ3) is 2.32. The van der Waals surface area contributed by atoms with Gasteiger partial charge in [0.1, 0.15) is 5.75 Å². The highest BCUT2D eigenvalue weighted by Gasteiger charge is 2.15. The summed E-state index contributed by atoms with van der Waals surface area (Å²) in [7, 11) is 0. The second kappa shape index (κ2) is 5.46. The molecule has 3 aromatic carbocycles. The first-order valence-electron chi connectivity index (χ1n) is 6.42. The molecule has 3 nitrogen and oxygen atoms in total. The number of anilines is 1. The molecule has 3 aromatic rings. The molecule has 0 unspecified atom stereocenters. The summed E-state index contributed by atoms with van der Waals surface area (Å²) < 4.78 is 0. The van der Waals surface area contributed by atoms with Crippen LogP contribution in [0.25, 0.3) is 21.9 Å². The first-order valence-corrected chi connectivity index (χ1v) is 6.80. The summed E-state index contributed by atoms with van der Waals surface area (Å²) in [5.41, 5.74) is 1.67. The first-order chi connectivity index (χ1) is 10.2. The second-order valence-electron chi connectivity index (χ2n) is 4.61. The number of hydrogen-bond donors (Lipinski definition) is 2. The molecule has 0 aromatic heterocycles. The molecule has 0 aliphatic carbocycles. The van der Waals surface area contributed by atoms with Crippen molar-refractivity contribution in [2.45, 2.75) is 0 Å². The topological polar surface area (TPSA) is 49.3 Å². The Hall–Kier alpha value is -2.52. The van der Waals surface area contributed by atoms with E-state index in [0.717, 1.165) is 16.3 Å². The lowest BCUT2D eigenvalue weighted by atomic mass is 9.97. The van der Waals surface area contributed by atoms with Gasteiger partial charge >= 0.3 is 0 Å². The highest BCUT2D eigenvalue weighted by atomic mass is 35.5. The lowest BCUT2D eigenvalue weighted by molar-refractivity contribution is -0.105. The molecule has 0 radical (unpaired) electrons. The number of benzene rings is 3. The second-order valence-corrected chi connectivity index (χ2v) is 5.01. The van der Waals surface area contributed by atoms with Gasteiger partial charge in [-0.05, 0) is 28.5 Å². The molecular formula is C17H12ClNO2. The Kier molecular flexibility index (Phi) is 3.50. The van der Waals surface area contributed by atoms with Crippen LogP contribution >= 0.6 is 11.6 Å². The van der Waals surface area contributed by atoms with Crippen LogP contribution in [-0.4, -0.2) is 11.5 Å². The molecule has 1 amide bonds. The van der Waals surface area contributed by atoms with Crippen molar-refractivity contribution >= 4 is 34.5 Å². The SMILES string of the molecule is O=CNc1ccc(Cl)c(-c2cccc3ccccc23)c1O. The summed E-state index contributed by atoms with van der Waals surface area (Å²) in [5, 5.41) is 15.4. The number of carbonyl (C=O) groups is 1. The van der Waals surface area contributed by atoms with Gasteiger partial charge in [-0.15, -0.1) is 0 Å². The van der Waals surface area contributed by atoms with E-state index >= 15 is 0 Å². The summed E-state index contributed by atoms with van der Waals surface area (Å²) >= 11 is 6.26. The van der Waals surface area contributed by atoms with Crippen molar-refractivity contribution in [2.75, 3.05) is 5.32 Å². The van der Waals surface area contributed by atoms with Crippen LogP contribution in [0.15, 0.2) is 54.6 Å². The fourth-order valence-electron chi connectivity index (χ4n) is 2.45. The van der Waals surface area contributed by atoms with E-state index in [2.05, 4.69) is 5.32 Å². The number of phenolic OH excluding ortho intramolecular Hbond substituents is 1. The van der Waals surface area contributed by atoms with Gasteiger partial charge in [0.05, 0.1) is 10.7 Å². The quantitative estimate of drug-likeness (QED) is 0.555. The van der Waals surface area contributed by atoms with E-state index in [1.165, 1.54) is 0 Å². The largest absolute Gasteiger partial charge is 0.505 e. The van der Waals surface area contributed by atoms with Gasteiger partial charge in [-0.25, -0.2) is 0 Å². The van der Waals surface area contributed by atoms with Crippen molar-refractivity contribution in [1.82, 2.24) is 0 Å². The van der Waals surface area contributed by atoms with Crippen LogP contribution in [0.4, 0.5) is 5.69 Å². The number of aromatic hydroxyl groups is 1. The Labute approximate surface area is 126 Å². The van der Waals surface area contributed by atoms with E-state index in [0.29, 0.717) is 22.7 Å². The van der Waals surface area contributed by atoms with Gasteiger partial charge in [0.2, 0.25) is 6.41 Å². The standard InChI is InChI=1S/C17H12ClNO2/c18-14-8-9-15(19-10-20)17(21)16(14)13-7-3-5-11-4-1-2-6-12(11)13/h1-10,21H,(H,19,20). The minimum absolute atomic E-state index is 0.0362. The number of rotatable bonds is 3. The minimum Gasteiger partial charge on any atom is -0.505 e. The van der Waals surface area contributed by atoms with E-state index in [1.807, 2.05) is 42.5 Å². The van der Waals surface area contributed by atoms with E-state index < -0.39 is 0 Å². The van der Waals surface area contributed by atoms with Crippen LogP contribution in [0, 0.1) is 0 Å². The number of fused-ring (bicyclic) bond motifs is 1. The number of hydrogen-bond acceptors (Lipinski definition) is 2. The molecular weight excluding hydrogens is 286 g/mol. The molecule has 0 saturated heterocycles. The molecule has 3 rings (SSSR count). The maximum absolute atomic E-state index is 10.6. The summed E-state index contributed by atoms with van der Waals surface area (Å²) in [4.78, 5) is 10.6. The van der Waals surface area contributed by atoms with Crippen LogP contribution in [0.2, 0.25) is 5.02 Å². The van der Waals surface area contributed by atoms with Crippen LogP contribution < -0.4 is 5.32 Å². The maximum atomic E-state index is 10.6. The molecule has 2 N–H and O–H groups in total. The number of carbonyl (C=O) groups excluding carboxylic acids is 1. The Morgan fingerprint density at radius 3 is 2.57 bits per heavy atom. The van der Waals surface area contributed by atoms with E-state index in [1.54, 1.807) is 12.1 Å². The highest BCUT2D eigenvalue weighted by molar-refractivity contribution is 6.34. The van der Waals surface area contributed by atoms with Crippen LogP contribution in [0.3, 0.4) is 0 Å². The Morgan fingerprint density at radius 1 is 1.00 bits per heavy atom. The van der Waals surface area contributed by atoms with E-state index in [4.69, 9.17) is 11.6 Å². The molecule has 0 heterocycles. The van der Waals surface area contributed by atoms with Crippen LogP contribution in [0.5, 0.6) is 5.75 Å². The minimum atomic E-state index is -0.0362. The average Bonchev–Trinajstić information content (AvgIpc) is 2.51. The molecule has 0 saturated carbocycles. The highest BCUT2D eigenvalue weighted by Crippen LogP contribution is 2.43. The maximum Gasteiger partial charge on any atom is 0.211 e. The third-order valence-corrected chi connectivity index (χ3v) is 3.72. The number of amides is 1. The lowest BCUT2D eigenvalue weighted by Crippen LogP contribution is -1.95. The fourth-order valence-corrected chi connectivity index (χ4v) is 2.70. The van der Waals surface area contributed by atoms with Crippen molar-refractivity contribution in [1.29, 1.82) is 0 Å². The van der Waals surface area contributed by atoms with Crippen LogP contribution in [0.1, 0.15) is 0 Å². The molecule has 0 spiro atoms. The summed E-state index contributed by atoms with van der Waals surface area (Å²) in [6.45, 7) is 0. The lowest BCUT2D eigenvalue weighted by Gasteiger charge is -2.13. The van der Waals surface area contributed by atoms with Gasteiger partial charge in [-0.2, -0.15) is 0 Å². The molecule has 4 heteroatoms. The van der Waals surface area contributed by atoms with Gasteiger partial charge in [0.15, 0.2) is 0 Å². The molecule has 0 bridgehead atoms. The van der Waals surface area contributed by atoms with Gasteiger partial charge in [-0.1, -0.05) is 54.1 Å². The first kappa shape index (κ1) is 13.5. The summed E-state index contributed by atoms with van der Waals surface area (Å²) in [6, 6.07) is 16.9. The zero-order chi connectivity index (χ0) is 14.8. The van der Waals surface area contributed by atoms with Crippen molar-refractivity contribution in [3.8, 4) is 16.9 Å². The molecule has 21 heavy (non-hydrogen) atoms. The Balaban J connectivity index is 2.32. The van der Waals surface area contributed by atoms with Crippen molar-refractivity contribution in [3.63, 3.8) is 0 Å². The van der Waals surface area contributed by atoms with Crippen molar-refractivity contribution < 1.29 is 9.90 Å². The van der Waals surface area contributed by atoms with Gasteiger partial charge in [-0.3, -0.25) is 4.79 Å². The Bertz CT molecular complexity index is 825. The number of nitrogens with one attached hydrogen (secondary N) is 1. The average molecular weight is 298 g/mol. The molecule has 0 aliphatic heterocycles. The van der Waals surface area contributed by atoms with E-state index in [9.17, 15) is 9.90 Å². The zero-order valence-electron chi connectivity index (χ0n) is 11.0. The summed E-state index contributed by atoms with van der Waals surface area (Å²) in [5.74, 6) is -0.0362. The zero-order valence-corrected chi connectivity index (χ0v) is 11.8. The van der Waals surface area contributed by atoms with Crippen LogP contribution in [-0.2, 0) is 4.79 Å². The normalized spacial score (nSPS) is 10.5. The van der Waals surface area contributed by atoms with Crippen molar-refractivity contribution in [3.05, 3.63) is 59.6 Å². The molecule has 104 valence electrons.